The fourth-order valence-electron chi connectivity index (χ4n) is 10.5. The maximum Gasteiger partial charge on any atom is 0.292 e. The highest BCUT2D eigenvalue weighted by Gasteiger charge is 2.51. The number of hydrogen-bond acceptors (Lipinski definition) is 12. The first-order valence-electron chi connectivity index (χ1n) is 26.7. The smallest absolute Gasteiger partial charge is 0.292 e. The molecule has 1 fully saturated rings. The van der Waals surface area contributed by atoms with Crippen molar-refractivity contribution >= 4 is 93.5 Å². The summed E-state index contributed by atoms with van der Waals surface area (Å²) in [4.78, 5) is 133. The van der Waals surface area contributed by atoms with Crippen LogP contribution in [0.3, 0.4) is 0 Å². The fraction of sp³-hybridized carbons (Fsp3) is 0.241. The highest BCUT2D eigenvalue weighted by Crippen LogP contribution is 2.50. The quantitative estimate of drug-likeness (QED) is 0.0606. The van der Waals surface area contributed by atoms with Gasteiger partial charge in [0.05, 0.1) is 22.7 Å². The van der Waals surface area contributed by atoms with Crippen LogP contribution in [-0.2, 0) is 64.3 Å². The van der Waals surface area contributed by atoms with Gasteiger partial charge >= 0.3 is 0 Å². The molecule has 2 aliphatic rings. The van der Waals surface area contributed by atoms with Crippen LogP contribution in [-0.4, -0.2) is 118 Å². The fourth-order valence-corrected chi connectivity index (χ4v) is 10.5. The van der Waals surface area contributed by atoms with Gasteiger partial charge in [0.2, 0.25) is 17.6 Å². The van der Waals surface area contributed by atoms with Crippen LogP contribution in [0.1, 0.15) is 105 Å². The number of likely N-dealkylation sites (tertiary alicyclic amines) is 1. The largest absolute Gasteiger partial charge is 0.350 e. The van der Waals surface area contributed by atoms with E-state index < -0.39 is 46.8 Å². The molecule has 85 heavy (non-hydrogen) atoms. The van der Waals surface area contributed by atoms with Gasteiger partial charge in [-0.25, -0.2) is 15.0 Å². The molecule has 8 amide bonds. The number of ketones is 1. The molecule has 1 saturated heterocycles. The first kappa shape index (κ1) is 57.1. The van der Waals surface area contributed by atoms with E-state index in [-0.39, 0.29) is 76.8 Å². The van der Waals surface area contributed by atoms with Crippen LogP contribution < -0.4 is 37.2 Å². The van der Waals surface area contributed by atoms with E-state index in [9.17, 15) is 43.2 Å². The van der Waals surface area contributed by atoms with E-state index in [1.165, 1.54) is 73.5 Å². The molecular formula is C58H60N18O9. The van der Waals surface area contributed by atoms with Crippen molar-refractivity contribution < 1.29 is 43.2 Å². The molecule has 0 unspecified atom stereocenters. The van der Waals surface area contributed by atoms with Gasteiger partial charge in [-0.15, -0.1) is 0 Å². The number of rotatable bonds is 17. The first-order valence-corrected chi connectivity index (χ1v) is 26.7. The number of nitrogens with one attached hydrogen (secondary N) is 7. The molecule has 7 N–H and O–H groups in total. The summed E-state index contributed by atoms with van der Waals surface area (Å²) in [6.07, 6.45) is 16.9. The average molecular weight is 1150 g/mol. The van der Waals surface area contributed by atoms with Crippen molar-refractivity contribution in [3.05, 3.63) is 167 Å². The van der Waals surface area contributed by atoms with Gasteiger partial charge in [-0.1, -0.05) is 31.2 Å². The van der Waals surface area contributed by atoms with Crippen molar-refractivity contribution in [2.45, 2.75) is 25.7 Å². The second kappa shape index (κ2) is 22.7. The Morgan fingerprint density at radius 2 is 1.09 bits per heavy atom. The number of aromatic nitrogens is 10. The number of anilines is 6. The van der Waals surface area contributed by atoms with Gasteiger partial charge < -0.3 is 74.1 Å². The van der Waals surface area contributed by atoms with Crippen LogP contribution >= 0.6 is 0 Å². The van der Waals surface area contributed by atoms with E-state index in [4.69, 9.17) is 0 Å². The number of fused-ring (bicyclic) bond motifs is 3. The number of benzene rings is 1. The maximum absolute atomic E-state index is 13.7. The Labute approximate surface area is 485 Å². The number of nitrogens with zero attached hydrogens (tertiary/aromatic N) is 11. The molecule has 0 bridgehead atoms. The molecule has 0 spiro atoms. The molecule has 436 valence electrons. The molecular weight excluding hydrogens is 1090 g/mol. The third-order valence-corrected chi connectivity index (χ3v) is 15.1. The average Bonchev–Trinajstić information content (AvgIpc) is 1.82. The lowest BCUT2D eigenvalue weighted by Gasteiger charge is -2.35. The van der Waals surface area contributed by atoms with Gasteiger partial charge in [-0.3, -0.25) is 43.2 Å². The zero-order valence-corrected chi connectivity index (χ0v) is 47.8. The molecule has 1 aliphatic heterocycles. The molecule has 1 aliphatic carbocycles. The molecule has 27 nitrogen and oxygen atoms in total. The van der Waals surface area contributed by atoms with E-state index in [0.29, 0.717) is 46.2 Å². The number of aryl methyl sites for hydroxylation is 7. The van der Waals surface area contributed by atoms with Crippen LogP contribution in [0.25, 0.3) is 6.08 Å². The van der Waals surface area contributed by atoms with Crippen molar-refractivity contribution in [3.8, 4) is 0 Å². The van der Waals surface area contributed by atoms with Gasteiger partial charge in [-0.05, 0) is 48.7 Å². The van der Waals surface area contributed by atoms with Gasteiger partial charge in [0.15, 0.2) is 23.2 Å². The summed E-state index contributed by atoms with van der Waals surface area (Å²) in [5.41, 5.74) is 4.33. The van der Waals surface area contributed by atoms with Crippen molar-refractivity contribution in [2.75, 3.05) is 45.0 Å². The Hall–Kier alpha value is -11.1. The van der Waals surface area contributed by atoms with E-state index >= 15 is 0 Å². The number of imidazole rings is 3. The van der Waals surface area contributed by atoms with E-state index in [1.807, 2.05) is 24.3 Å². The van der Waals surface area contributed by atoms with E-state index in [1.54, 1.807) is 105 Å². The molecule has 8 heterocycles. The number of allylic oxidation sites excluding steroid dienone is 2. The predicted molar refractivity (Wildman–Crippen MR) is 313 cm³/mol. The summed E-state index contributed by atoms with van der Waals surface area (Å²) >= 11 is 0. The minimum Gasteiger partial charge on any atom is -0.350 e. The van der Waals surface area contributed by atoms with Crippen molar-refractivity contribution in [1.29, 1.82) is 0 Å². The molecule has 7 aromatic heterocycles. The van der Waals surface area contributed by atoms with E-state index in [2.05, 4.69) is 66.0 Å². The monoisotopic (exact) mass is 1150 g/mol. The molecule has 1 aromatic carbocycles. The van der Waals surface area contributed by atoms with Gasteiger partial charge in [0.1, 0.15) is 17.1 Å². The van der Waals surface area contributed by atoms with Gasteiger partial charge in [0, 0.05) is 153 Å². The Morgan fingerprint density at radius 1 is 0.588 bits per heavy atom. The van der Waals surface area contributed by atoms with Gasteiger partial charge in [-0.2, -0.15) is 0 Å². The third kappa shape index (κ3) is 11.4. The summed E-state index contributed by atoms with van der Waals surface area (Å²) in [5, 5.41) is 19.0. The van der Waals surface area contributed by atoms with Crippen LogP contribution in [0.2, 0.25) is 0 Å². The second-order valence-corrected chi connectivity index (χ2v) is 21.1. The van der Waals surface area contributed by atoms with Crippen LogP contribution in [0.15, 0.2) is 116 Å². The van der Waals surface area contributed by atoms with Crippen molar-refractivity contribution in [1.82, 2.24) is 57.1 Å². The summed E-state index contributed by atoms with van der Waals surface area (Å²) < 4.78 is 10.7. The minimum absolute atomic E-state index is 0.00746. The highest BCUT2D eigenvalue weighted by molar-refractivity contribution is 6.10. The minimum atomic E-state index is -0.621. The zero-order valence-electron chi connectivity index (χ0n) is 47.8. The lowest BCUT2D eigenvalue weighted by Crippen LogP contribution is -2.35. The molecule has 0 radical (unpaired) electrons. The number of amides is 8. The Kier molecular flexibility index (Phi) is 15.2. The van der Waals surface area contributed by atoms with Crippen molar-refractivity contribution in [3.63, 3.8) is 0 Å². The Morgan fingerprint density at radius 3 is 1.66 bits per heavy atom. The molecule has 8 aromatic rings. The molecule has 2 atom stereocenters. The third-order valence-electron chi connectivity index (χ3n) is 15.1. The van der Waals surface area contributed by atoms with Crippen molar-refractivity contribution in [2.24, 2.45) is 55.3 Å². The normalized spacial score (nSPS) is 15.3. The summed E-state index contributed by atoms with van der Waals surface area (Å²) in [7, 11) is 11.5. The molecule has 0 saturated carbocycles. The maximum atomic E-state index is 13.7. The Bertz CT molecular complexity index is 4150. The van der Waals surface area contributed by atoms with Crippen LogP contribution in [0, 0.1) is 5.92 Å². The lowest BCUT2D eigenvalue weighted by atomic mass is 9.68. The van der Waals surface area contributed by atoms with E-state index in [0.717, 1.165) is 5.56 Å². The van der Waals surface area contributed by atoms with Crippen LogP contribution in [0.5, 0.6) is 0 Å². The highest BCUT2D eigenvalue weighted by atomic mass is 16.2. The zero-order chi connectivity index (χ0) is 60.8. The number of carbonyl (C=O) groups is 9. The summed E-state index contributed by atoms with van der Waals surface area (Å²) in [5.74, 6) is -3.75. The lowest BCUT2D eigenvalue weighted by molar-refractivity contribution is -0.123. The summed E-state index contributed by atoms with van der Waals surface area (Å²) in [6, 6.07) is 13.7. The predicted octanol–water partition coefficient (Wildman–Crippen LogP) is 4.79. The number of carbonyl (C=O) groups excluding carboxylic acids is 9. The summed E-state index contributed by atoms with van der Waals surface area (Å²) in [6.45, 7) is 4.53. The van der Waals surface area contributed by atoms with Crippen LogP contribution in [0.4, 0.5) is 34.4 Å². The van der Waals surface area contributed by atoms with Gasteiger partial charge in [0.25, 0.3) is 41.4 Å². The Balaban J connectivity index is 0.670. The molecule has 10 rings (SSSR count). The molecule has 27 heteroatoms. The SMILES string of the molecule is C[C@@H]1CN(C(=O)/C=C/c2cc(NC(=O)c3cc(NC(=O)c4nc(NC(=O)CCNC(=O)c5cc(NC(=O)c6cc(NC(=O)c7nc(NC(=O)c8nccn8C)cn7C)cn6C)cn5C)cn4C)cn3C)cn2C)C2=CC(=O)c3ccccc3[C@]21C. The first-order chi connectivity index (χ1) is 40.4. The second-order valence-electron chi connectivity index (χ2n) is 21.1. The standard InChI is InChI=1S/C58H60N18O9/c1-32-25-76(44-24-43(77)38-12-10-11-13-39(38)58(32,44)2)48(79)15-14-37-20-33(26-70(37)4)61-53(81)41-22-35(28-72(41)6)63-56(84)50-66-45(30-74(50)8)65-47(78)16-17-60-52(80)40-21-34(27-71(40)5)62-54(82)42-23-36(29-73(42)7)64-57(85)51-67-46(31-75(51)9)68-55(83)49-59-18-19-69(49)3/h10-15,18-24,26-32H,16-17,25H2,1-9H3,(H,60,80)(H,61,81)(H,62,82)(H,63,84)(H,64,85)(H,65,78)(H,68,83)/b15-14+/t32-,58-/m1/s1. The topological polar surface area (TPSA) is 314 Å². The number of hydrogen-bond donors (Lipinski definition) is 7.